The number of thiazole rings is 1. The molecule has 3 rings (SSSR count). The van der Waals surface area contributed by atoms with E-state index >= 15 is 0 Å². The molecule has 0 aliphatic heterocycles. The Hall–Kier alpha value is -2.07. The second-order valence-corrected chi connectivity index (χ2v) is 10.00. The minimum Gasteiger partial charge on any atom is -0.308 e. The van der Waals surface area contributed by atoms with Crippen molar-refractivity contribution in [2.45, 2.75) is 11.8 Å². The minimum absolute atomic E-state index is 0. The van der Waals surface area contributed by atoms with Gasteiger partial charge in [0.1, 0.15) is 11.3 Å². The fourth-order valence-electron chi connectivity index (χ4n) is 2.82. The van der Waals surface area contributed by atoms with Crippen LogP contribution in [0.4, 0.5) is 9.52 Å². The van der Waals surface area contributed by atoms with Gasteiger partial charge in [0.25, 0.3) is 5.91 Å². The van der Waals surface area contributed by atoms with Crippen molar-refractivity contribution in [1.29, 1.82) is 0 Å². The summed E-state index contributed by atoms with van der Waals surface area (Å²) in [5, 5.41) is 0.334. The lowest BCUT2D eigenvalue weighted by atomic mass is 10.2. The Morgan fingerprint density at radius 3 is 2.43 bits per heavy atom. The Bertz CT molecular complexity index is 1150. The van der Waals surface area contributed by atoms with Gasteiger partial charge in [-0.2, -0.15) is 0 Å². The number of benzene rings is 2. The zero-order valence-electron chi connectivity index (χ0n) is 16.8. The summed E-state index contributed by atoms with van der Waals surface area (Å²) >= 11 is 1.20. The maximum atomic E-state index is 14.1. The Kier molecular flexibility index (Phi) is 7.93. The van der Waals surface area contributed by atoms with Gasteiger partial charge < -0.3 is 4.90 Å². The van der Waals surface area contributed by atoms with E-state index in [1.807, 2.05) is 19.0 Å². The molecule has 0 atom stereocenters. The van der Waals surface area contributed by atoms with Gasteiger partial charge in [0.15, 0.2) is 15.0 Å². The molecule has 0 saturated carbocycles. The SMILES string of the molecule is CCS(=O)(=O)c1ccccc1C(=O)N(CCN(C)C)c1nc2c(F)cccc2s1.Cl. The van der Waals surface area contributed by atoms with Crippen LogP contribution in [0.15, 0.2) is 47.4 Å². The van der Waals surface area contributed by atoms with E-state index in [1.165, 1.54) is 41.4 Å². The van der Waals surface area contributed by atoms with Crippen molar-refractivity contribution in [1.82, 2.24) is 9.88 Å². The summed E-state index contributed by atoms with van der Waals surface area (Å²) in [5.41, 5.74) is 0.289. The van der Waals surface area contributed by atoms with Crippen molar-refractivity contribution in [2.24, 2.45) is 0 Å². The number of fused-ring (bicyclic) bond motifs is 1. The predicted octanol–water partition coefficient (Wildman–Crippen LogP) is 3.86. The third kappa shape index (κ3) is 4.97. The number of hydrogen-bond acceptors (Lipinski definition) is 6. The van der Waals surface area contributed by atoms with Crippen LogP contribution in [0.1, 0.15) is 17.3 Å². The molecule has 1 heterocycles. The van der Waals surface area contributed by atoms with Gasteiger partial charge >= 0.3 is 0 Å². The highest BCUT2D eigenvalue weighted by Gasteiger charge is 2.27. The van der Waals surface area contributed by atoms with E-state index in [0.717, 1.165) is 0 Å². The number of rotatable bonds is 7. The molecule has 0 radical (unpaired) electrons. The molecule has 2 aromatic carbocycles. The smallest absolute Gasteiger partial charge is 0.261 e. The van der Waals surface area contributed by atoms with Gasteiger partial charge in [-0.25, -0.2) is 17.8 Å². The molecule has 0 spiro atoms. The number of carbonyl (C=O) groups excluding carboxylic acids is 1. The Morgan fingerprint density at radius 2 is 1.80 bits per heavy atom. The minimum atomic E-state index is -3.59. The van der Waals surface area contributed by atoms with Crippen LogP contribution in [0.25, 0.3) is 10.2 Å². The summed E-state index contributed by atoms with van der Waals surface area (Å²) in [6, 6.07) is 10.8. The van der Waals surface area contributed by atoms with Gasteiger partial charge in [-0.1, -0.05) is 36.5 Å². The molecule has 30 heavy (non-hydrogen) atoms. The number of carbonyl (C=O) groups is 1. The maximum Gasteiger partial charge on any atom is 0.261 e. The summed E-state index contributed by atoms with van der Waals surface area (Å²) in [5.74, 6) is -1.04. The Labute approximate surface area is 185 Å². The van der Waals surface area contributed by atoms with E-state index in [-0.39, 0.29) is 40.7 Å². The number of anilines is 1. The molecule has 10 heteroatoms. The number of aromatic nitrogens is 1. The number of sulfone groups is 1. The number of para-hydroxylation sites is 1. The third-order valence-corrected chi connectivity index (χ3v) is 7.27. The summed E-state index contributed by atoms with van der Waals surface area (Å²) < 4.78 is 39.7. The van der Waals surface area contributed by atoms with Gasteiger partial charge in [-0.15, -0.1) is 12.4 Å². The zero-order chi connectivity index (χ0) is 21.2. The fraction of sp³-hybridized carbons (Fsp3) is 0.300. The summed E-state index contributed by atoms with van der Waals surface area (Å²) in [7, 11) is 0.155. The van der Waals surface area contributed by atoms with Crippen LogP contribution in [0, 0.1) is 5.82 Å². The zero-order valence-corrected chi connectivity index (χ0v) is 19.3. The van der Waals surface area contributed by atoms with Crippen molar-refractivity contribution in [2.75, 3.05) is 37.8 Å². The second kappa shape index (κ2) is 9.82. The number of amides is 1. The van der Waals surface area contributed by atoms with Crippen molar-refractivity contribution < 1.29 is 17.6 Å². The quantitative estimate of drug-likeness (QED) is 0.523. The van der Waals surface area contributed by atoms with Gasteiger partial charge in [-0.05, 0) is 38.4 Å². The summed E-state index contributed by atoms with van der Waals surface area (Å²) in [6.45, 7) is 2.36. The number of likely N-dealkylation sites (N-methyl/N-ethyl adjacent to an activating group) is 1. The lowest BCUT2D eigenvalue weighted by molar-refractivity contribution is 0.0982. The lowest BCUT2D eigenvalue weighted by Gasteiger charge is -2.23. The number of nitrogens with zero attached hydrogens (tertiary/aromatic N) is 3. The molecule has 0 bridgehead atoms. The van der Waals surface area contributed by atoms with Crippen LogP contribution in [-0.4, -0.2) is 57.1 Å². The van der Waals surface area contributed by atoms with Crippen LogP contribution in [0.5, 0.6) is 0 Å². The Balaban J connectivity index is 0.00000320. The number of halogens is 2. The molecule has 0 fully saturated rings. The van der Waals surface area contributed by atoms with Crippen LogP contribution in [0.3, 0.4) is 0 Å². The van der Waals surface area contributed by atoms with E-state index in [0.29, 0.717) is 16.4 Å². The highest BCUT2D eigenvalue weighted by atomic mass is 35.5. The fourth-order valence-corrected chi connectivity index (χ4v) is 4.91. The van der Waals surface area contributed by atoms with Crippen molar-refractivity contribution in [3.8, 4) is 0 Å². The normalized spacial score (nSPS) is 11.5. The molecule has 0 unspecified atom stereocenters. The molecule has 0 N–H and O–H groups in total. The second-order valence-electron chi connectivity index (χ2n) is 6.74. The highest BCUT2D eigenvalue weighted by Crippen LogP contribution is 2.31. The van der Waals surface area contributed by atoms with Gasteiger partial charge in [0, 0.05) is 13.1 Å². The van der Waals surface area contributed by atoms with Gasteiger partial charge in [0.2, 0.25) is 0 Å². The van der Waals surface area contributed by atoms with Crippen molar-refractivity contribution in [3.63, 3.8) is 0 Å². The van der Waals surface area contributed by atoms with E-state index in [2.05, 4.69) is 4.98 Å². The molecule has 0 aliphatic carbocycles. The highest BCUT2D eigenvalue weighted by molar-refractivity contribution is 7.91. The summed E-state index contributed by atoms with van der Waals surface area (Å²) in [4.78, 5) is 21.1. The van der Waals surface area contributed by atoms with E-state index in [9.17, 15) is 17.6 Å². The average molecular weight is 472 g/mol. The Morgan fingerprint density at radius 1 is 1.10 bits per heavy atom. The van der Waals surface area contributed by atoms with Gasteiger partial charge in [-0.3, -0.25) is 9.69 Å². The molecule has 3 aromatic rings. The monoisotopic (exact) mass is 471 g/mol. The lowest BCUT2D eigenvalue weighted by Crippen LogP contribution is -2.37. The molecule has 0 aliphatic rings. The average Bonchev–Trinajstić information content (AvgIpc) is 3.13. The first-order valence-electron chi connectivity index (χ1n) is 9.08. The third-order valence-electron chi connectivity index (χ3n) is 4.44. The standard InChI is InChI=1S/C20H22FN3O3S2.ClH/c1-4-29(26,27)17-11-6-5-8-14(17)19(25)24(13-12-23(2)3)20-22-18-15(21)9-7-10-16(18)28-20;/h5-11H,4,12-13H2,1-3H3;1H. The molecule has 6 nitrogen and oxygen atoms in total. The predicted molar refractivity (Wildman–Crippen MR) is 121 cm³/mol. The molecule has 1 amide bonds. The first-order chi connectivity index (χ1) is 13.7. The molecule has 162 valence electrons. The first kappa shape index (κ1) is 24.2. The molecular weight excluding hydrogens is 449 g/mol. The topological polar surface area (TPSA) is 70.6 Å². The largest absolute Gasteiger partial charge is 0.308 e. The van der Waals surface area contributed by atoms with E-state index in [1.54, 1.807) is 24.3 Å². The van der Waals surface area contributed by atoms with Crippen LogP contribution in [-0.2, 0) is 9.84 Å². The van der Waals surface area contributed by atoms with E-state index in [4.69, 9.17) is 0 Å². The molecule has 1 aromatic heterocycles. The molecular formula is C20H23ClFN3O3S2. The van der Waals surface area contributed by atoms with Crippen LogP contribution in [0.2, 0.25) is 0 Å². The van der Waals surface area contributed by atoms with Crippen molar-refractivity contribution in [3.05, 3.63) is 53.8 Å². The maximum absolute atomic E-state index is 14.1. The summed E-state index contributed by atoms with van der Waals surface area (Å²) in [6.07, 6.45) is 0. The van der Waals surface area contributed by atoms with Crippen LogP contribution >= 0.6 is 23.7 Å². The molecule has 0 saturated heterocycles. The van der Waals surface area contributed by atoms with Crippen LogP contribution < -0.4 is 4.90 Å². The van der Waals surface area contributed by atoms with Gasteiger partial charge in [0.05, 0.1) is 20.9 Å². The number of hydrogen-bond donors (Lipinski definition) is 0. The first-order valence-corrected chi connectivity index (χ1v) is 11.5. The van der Waals surface area contributed by atoms with E-state index < -0.39 is 21.6 Å². The van der Waals surface area contributed by atoms with Crippen molar-refractivity contribution >= 4 is 54.8 Å².